The molecule has 3 nitrogen and oxygen atoms in total. The Kier molecular flexibility index (Phi) is 5.29. The lowest BCUT2D eigenvalue weighted by atomic mass is 10.2. The molecule has 1 heterocycles. The second-order valence-electron chi connectivity index (χ2n) is 3.97. The summed E-state index contributed by atoms with van der Waals surface area (Å²) in [6.07, 6.45) is 3.74. The number of pyridine rings is 1. The van der Waals surface area contributed by atoms with E-state index in [4.69, 9.17) is 5.11 Å². The Balaban J connectivity index is 2.27. The summed E-state index contributed by atoms with van der Waals surface area (Å²) in [7, 11) is 0. The van der Waals surface area contributed by atoms with Crippen LogP contribution in [0.4, 0.5) is 0 Å². The lowest BCUT2D eigenvalue weighted by molar-refractivity contribution is 0.276. The highest BCUT2D eigenvalue weighted by Gasteiger charge is 2.01. The molecule has 0 aliphatic carbocycles. The van der Waals surface area contributed by atoms with Crippen LogP contribution in [0.25, 0.3) is 0 Å². The average Bonchev–Trinajstić information content (AvgIpc) is 2.25. The van der Waals surface area contributed by atoms with Gasteiger partial charge in [-0.05, 0) is 38.3 Å². The zero-order valence-electron chi connectivity index (χ0n) is 9.53. The van der Waals surface area contributed by atoms with E-state index in [1.54, 1.807) is 0 Å². The van der Waals surface area contributed by atoms with Gasteiger partial charge in [0.05, 0.1) is 5.69 Å². The van der Waals surface area contributed by atoms with Crippen molar-refractivity contribution in [2.24, 2.45) is 0 Å². The summed E-state index contributed by atoms with van der Waals surface area (Å²) in [6, 6.07) is 4.55. The van der Waals surface area contributed by atoms with Gasteiger partial charge in [0.25, 0.3) is 0 Å². The number of nitrogens with zero attached hydrogens (tertiary/aromatic N) is 1. The van der Waals surface area contributed by atoms with E-state index in [0.29, 0.717) is 6.04 Å². The average molecular weight is 208 g/mol. The van der Waals surface area contributed by atoms with E-state index in [0.717, 1.165) is 25.1 Å². The molecule has 3 heteroatoms. The molecule has 0 aliphatic heterocycles. The van der Waals surface area contributed by atoms with Crippen molar-refractivity contribution in [3.05, 3.63) is 29.6 Å². The molecule has 2 N–H and O–H groups in total. The number of nitrogens with one attached hydrogen (secondary N) is 1. The molecule has 0 radical (unpaired) electrons. The van der Waals surface area contributed by atoms with Gasteiger partial charge in [0.2, 0.25) is 0 Å². The summed E-state index contributed by atoms with van der Waals surface area (Å²) in [5.41, 5.74) is 2.25. The lowest BCUT2D eigenvalue weighted by Gasteiger charge is -2.12. The summed E-state index contributed by atoms with van der Waals surface area (Å²) in [6.45, 7) is 5.24. The molecule has 0 fully saturated rings. The smallest absolute Gasteiger partial charge is 0.0541 e. The molecule has 0 aromatic carbocycles. The first-order chi connectivity index (χ1) is 7.22. The van der Waals surface area contributed by atoms with Crippen molar-refractivity contribution in [1.82, 2.24) is 10.3 Å². The Morgan fingerprint density at radius 2 is 2.27 bits per heavy atom. The molecule has 1 rings (SSSR count). The van der Waals surface area contributed by atoms with Gasteiger partial charge in [-0.25, -0.2) is 0 Å². The number of aromatic nitrogens is 1. The molecule has 0 bridgehead atoms. The Morgan fingerprint density at radius 3 is 2.87 bits per heavy atom. The second kappa shape index (κ2) is 6.53. The van der Waals surface area contributed by atoms with Gasteiger partial charge in [0.1, 0.15) is 0 Å². The highest BCUT2D eigenvalue weighted by Crippen LogP contribution is 2.00. The maximum absolute atomic E-state index is 8.69. The van der Waals surface area contributed by atoms with Crippen LogP contribution in [0.15, 0.2) is 18.3 Å². The SMILES string of the molecule is Cc1ccc(CNC(C)CCCO)nc1. The maximum atomic E-state index is 8.69. The Bertz CT molecular complexity index is 271. The van der Waals surface area contributed by atoms with Gasteiger partial charge in [-0.2, -0.15) is 0 Å². The fourth-order valence-electron chi connectivity index (χ4n) is 1.38. The molecule has 15 heavy (non-hydrogen) atoms. The van der Waals surface area contributed by atoms with Crippen molar-refractivity contribution >= 4 is 0 Å². The van der Waals surface area contributed by atoms with Crippen molar-refractivity contribution < 1.29 is 5.11 Å². The Hall–Kier alpha value is -0.930. The summed E-state index contributed by atoms with van der Waals surface area (Å²) < 4.78 is 0. The van der Waals surface area contributed by atoms with Gasteiger partial charge in [-0.1, -0.05) is 6.07 Å². The van der Waals surface area contributed by atoms with Crippen LogP contribution < -0.4 is 5.32 Å². The first-order valence-corrected chi connectivity index (χ1v) is 5.48. The predicted octanol–water partition coefficient (Wildman–Crippen LogP) is 1.64. The van der Waals surface area contributed by atoms with Gasteiger partial charge in [-0.3, -0.25) is 4.98 Å². The summed E-state index contributed by atoms with van der Waals surface area (Å²) >= 11 is 0. The fourth-order valence-corrected chi connectivity index (χ4v) is 1.38. The molecule has 0 amide bonds. The van der Waals surface area contributed by atoms with Crippen molar-refractivity contribution in [2.45, 2.75) is 39.3 Å². The van der Waals surface area contributed by atoms with Crippen molar-refractivity contribution in [3.8, 4) is 0 Å². The van der Waals surface area contributed by atoms with Crippen LogP contribution in [0.2, 0.25) is 0 Å². The third-order valence-electron chi connectivity index (χ3n) is 2.40. The van der Waals surface area contributed by atoms with Crippen molar-refractivity contribution in [1.29, 1.82) is 0 Å². The van der Waals surface area contributed by atoms with Crippen LogP contribution >= 0.6 is 0 Å². The quantitative estimate of drug-likeness (QED) is 0.747. The minimum absolute atomic E-state index is 0.273. The van der Waals surface area contributed by atoms with E-state index in [2.05, 4.69) is 23.3 Å². The molecule has 84 valence electrons. The molecule has 1 unspecified atom stereocenters. The predicted molar refractivity (Wildman–Crippen MR) is 61.6 cm³/mol. The zero-order chi connectivity index (χ0) is 11.1. The largest absolute Gasteiger partial charge is 0.396 e. The number of aliphatic hydroxyl groups excluding tert-OH is 1. The maximum Gasteiger partial charge on any atom is 0.0541 e. The highest BCUT2D eigenvalue weighted by molar-refractivity contribution is 5.11. The van der Waals surface area contributed by atoms with Crippen LogP contribution in [-0.4, -0.2) is 22.7 Å². The molecule has 1 aromatic heterocycles. The molecule has 1 aromatic rings. The monoisotopic (exact) mass is 208 g/mol. The number of aliphatic hydroxyl groups is 1. The number of hydrogen-bond donors (Lipinski definition) is 2. The van der Waals surface area contributed by atoms with Crippen LogP contribution in [0.5, 0.6) is 0 Å². The number of aryl methyl sites for hydroxylation is 1. The minimum atomic E-state index is 0.273. The first-order valence-electron chi connectivity index (χ1n) is 5.48. The molecular weight excluding hydrogens is 188 g/mol. The highest BCUT2D eigenvalue weighted by atomic mass is 16.2. The van der Waals surface area contributed by atoms with E-state index in [-0.39, 0.29) is 6.61 Å². The topological polar surface area (TPSA) is 45.1 Å². The molecule has 0 saturated carbocycles. The van der Waals surface area contributed by atoms with E-state index in [1.807, 2.05) is 19.2 Å². The second-order valence-corrected chi connectivity index (χ2v) is 3.97. The van der Waals surface area contributed by atoms with Crippen LogP contribution in [-0.2, 0) is 6.54 Å². The van der Waals surface area contributed by atoms with Gasteiger partial charge < -0.3 is 10.4 Å². The molecule has 0 saturated heterocycles. The minimum Gasteiger partial charge on any atom is -0.396 e. The molecule has 1 atom stereocenters. The van der Waals surface area contributed by atoms with Crippen molar-refractivity contribution in [2.75, 3.05) is 6.61 Å². The normalized spacial score (nSPS) is 12.7. The van der Waals surface area contributed by atoms with Crippen LogP contribution in [0.1, 0.15) is 31.0 Å². The standard InChI is InChI=1S/C12H20N2O/c1-10-5-6-12(14-8-10)9-13-11(2)4-3-7-15/h5-6,8,11,13,15H,3-4,7,9H2,1-2H3. The van der Waals surface area contributed by atoms with Gasteiger partial charge in [-0.15, -0.1) is 0 Å². The summed E-state index contributed by atoms with van der Waals surface area (Å²) in [5.74, 6) is 0. The van der Waals surface area contributed by atoms with Crippen LogP contribution in [0, 0.1) is 6.92 Å². The molecule has 0 spiro atoms. The molecular formula is C12H20N2O. The van der Waals surface area contributed by atoms with E-state index in [1.165, 1.54) is 5.56 Å². The van der Waals surface area contributed by atoms with Gasteiger partial charge >= 0.3 is 0 Å². The Morgan fingerprint density at radius 1 is 1.47 bits per heavy atom. The third-order valence-corrected chi connectivity index (χ3v) is 2.40. The summed E-state index contributed by atoms with van der Waals surface area (Å²) in [4.78, 5) is 4.32. The third kappa shape index (κ3) is 4.91. The Labute approximate surface area is 91.5 Å². The molecule has 0 aliphatic rings. The van der Waals surface area contributed by atoms with E-state index >= 15 is 0 Å². The van der Waals surface area contributed by atoms with Crippen molar-refractivity contribution in [3.63, 3.8) is 0 Å². The zero-order valence-corrected chi connectivity index (χ0v) is 9.53. The first kappa shape index (κ1) is 12.1. The number of hydrogen-bond acceptors (Lipinski definition) is 3. The summed E-state index contributed by atoms with van der Waals surface area (Å²) in [5, 5.41) is 12.1. The van der Waals surface area contributed by atoms with Gasteiger partial charge in [0, 0.05) is 25.4 Å². The fraction of sp³-hybridized carbons (Fsp3) is 0.583. The number of rotatable bonds is 6. The van der Waals surface area contributed by atoms with Gasteiger partial charge in [0.15, 0.2) is 0 Å². The van der Waals surface area contributed by atoms with Crippen LogP contribution in [0.3, 0.4) is 0 Å². The van der Waals surface area contributed by atoms with E-state index in [9.17, 15) is 0 Å². The van der Waals surface area contributed by atoms with E-state index < -0.39 is 0 Å². The lowest BCUT2D eigenvalue weighted by Crippen LogP contribution is -2.26.